The number of amides is 1. The Kier molecular flexibility index (Phi) is 6.89. The molecule has 0 saturated carbocycles. The number of nitrogens with one attached hydrogen (secondary N) is 2. The number of carbonyl (C=O) groups is 1. The van der Waals surface area contributed by atoms with E-state index < -0.39 is 0 Å². The molecule has 25 heavy (non-hydrogen) atoms. The van der Waals surface area contributed by atoms with Gasteiger partial charge in [-0.1, -0.05) is 24.8 Å². The zero-order chi connectivity index (χ0) is 18.1. The van der Waals surface area contributed by atoms with Gasteiger partial charge in [-0.15, -0.1) is 0 Å². The van der Waals surface area contributed by atoms with Crippen molar-refractivity contribution in [2.45, 2.75) is 13.8 Å². The lowest BCUT2D eigenvalue weighted by molar-refractivity contribution is -0.114. The monoisotopic (exact) mass is 340 g/mol. The van der Waals surface area contributed by atoms with Gasteiger partial charge in [0.2, 0.25) is 5.91 Å². The van der Waals surface area contributed by atoms with Gasteiger partial charge in [-0.05, 0) is 43.7 Å². The third kappa shape index (κ3) is 6.22. The molecule has 1 amide bonds. The average Bonchev–Trinajstić information content (AvgIpc) is 2.59. The van der Waals surface area contributed by atoms with E-state index in [1.54, 1.807) is 6.07 Å². The van der Waals surface area contributed by atoms with Crippen molar-refractivity contribution in [3.63, 3.8) is 0 Å². The summed E-state index contributed by atoms with van der Waals surface area (Å²) in [5.41, 5.74) is 2.40. The topological polar surface area (TPSA) is 59.6 Å². The third-order valence-corrected chi connectivity index (χ3v) is 3.23. The molecule has 0 aliphatic carbocycles. The first-order chi connectivity index (χ1) is 12.1. The Bertz CT molecular complexity index is 728. The summed E-state index contributed by atoms with van der Waals surface area (Å²) in [5, 5.41) is 5.94. The highest BCUT2D eigenvalue weighted by atomic mass is 16.5. The number of ether oxygens (including phenoxy) is 2. The zero-order valence-electron chi connectivity index (χ0n) is 14.7. The fourth-order valence-electron chi connectivity index (χ4n) is 2.15. The van der Waals surface area contributed by atoms with Crippen molar-refractivity contribution in [1.82, 2.24) is 0 Å². The summed E-state index contributed by atoms with van der Waals surface area (Å²) >= 11 is 0. The minimum absolute atomic E-state index is 0.131. The first-order valence-electron chi connectivity index (χ1n) is 8.21. The van der Waals surface area contributed by atoms with Crippen molar-refractivity contribution in [2.75, 3.05) is 30.4 Å². The van der Waals surface area contributed by atoms with Gasteiger partial charge in [-0.2, -0.15) is 0 Å². The average molecular weight is 340 g/mol. The van der Waals surface area contributed by atoms with Crippen molar-refractivity contribution in [3.05, 3.63) is 60.7 Å². The molecule has 0 fully saturated rings. The summed E-state index contributed by atoms with van der Waals surface area (Å²) in [6.45, 7) is 8.80. The van der Waals surface area contributed by atoms with Crippen LogP contribution in [-0.4, -0.2) is 25.7 Å². The van der Waals surface area contributed by atoms with Crippen molar-refractivity contribution < 1.29 is 14.3 Å². The lowest BCUT2D eigenvalue weighted by Crippen LogP contribution is -2.22. The predicted molar refractivity (Wildman–Crippen MR) is 101 cm³/mol. The van der Waals surface area contributed by atoms with Crippen LogP contribution in [0.2, 0.25) is 0 Å². The highest BCUT2D eigenvalue weighted by molar-refractivity contribution is 5.94. The van der Waals surface area contributed by atoms with Crippen molar-refractivity contribution in [2.24, 2.45) is 0 Å². The van der Waals surface area contributed by atoms with Crippen LogP contribution >= 0.6 is 0 Å². The smallest absolute Gasteiger partial charge is 0.243 e. The predicted octanol–water partition coefficient (Wildman–Crippen LogP) is 4.09. The molecule has 0 aliphatic heterocycles. The quantitative estimate of drug-likeness (QED) is 0.675. The van der Waals surface area contributed by atoms with Crippen LogP contribution in [0, 0.1) is 0 Å². The van der Waals surface area contributed by atoms with Gasteiger partial charge in [-0.25, -0.2) is 0 Å². The summed E-state index contributed by atoms with van der Waals surface area (Å²) in [6.07, 6.45) is 0. The molecular formula is C20H24N2O3. The van der Waals surface area contributed by atoms with E-state index in [1.165, 1.54) is 0 Å². The fourth-order valence-corrected chi connectivity index (χ4v) is 2.15. The number of carbonyl (C=O) groups excluding carboxylic acids is 1. The normalized spacial score (nSPS) is 10.0. The molecule has 0 heterocycles. The van der Waals surface area contributed by atoms with E-state index in [1.807, 2.05) is 56.3 Å². The second-order valence-corrected chi connectivity index (χ2v) is 5.60. The van der Waals surface area contributed by atoms with Crippen LogP contribution in [0.4, 0.5) is 11.4 Å². The van der Waals surface area contributed by atoms with Gasteiger partial charge in [0.25, 0.3) is 0 Å². The Balaban J connectivity index is 1.92. The SMILES string of the molecule is C=C(C)COc1ccccc1NCC(=O)Nc1cccc(OCC)c1. The van der Waals surface area contributed by atoms with Gasteiger partial charge in [0, 0.05) is 11.8 Å². The lowest BCUT2D eigenvalue weighted by atomic mass is 10.2. The number of rotatable bonds is 9. The molecule has 5 nitrogen and oxygen atoms in total. The number of para-hydroxylation sites is 2. The lowest BCUT2D eigenvalue weighted by Gasteiger charge is -2.13. The highest BCUT2D eigenvalue weighted by Gasteiger charge is 2.07. The second-order valence-electron chi connectivity index (χ2n) is 5.60. The molecular weight excluding hydrogens is 316 g/mol. The molecule has 0 saturated heterocycles. The first kappa shape index (κ1) is 18.4. The van der Waals surface area contributed by atoms with Crippen molar-refractivity contribution in [1.29, 1.82) is 0 Å². The van der Waals surface area contributed by atoms with Crippen molar-refractivity contribution in [3.8, 4) is 11.5 Å². The Morgan fingerprint density at radius 3 is 2.68 bits per heavy atom. The van der Waals surface area contributed by atoms with Gasteiger partial charge < -0.3 is 20.1 Å². The fraction of sp³-hybridized carbons (Fsp3) is 0.250. The van der Waals surface area contributed by atoms with E-state index >= 15 is 0 Å². The first-order valence-corrected chi connectivity index (χ1v) is 8.21. The number of anilines is 2. The van der Waals surface area contributed by atoms with E-state index in [0.29, 0.717) is 24.7 Å². The minimum atomic E-state index is -0.150. The number of benzene rings is 2. The van der Waals surface area contributed by atoms with Crippen LogP contribution in [-0.2, 0) is 4.79 Å². The molecule has 2 aromatic carbocycles. The largest absolute Gasteiger partial charge is 0.494 e. The molecule has 0 bridgehead atoms. The molecule has 0 spiro atoms. The van der Waals surface area contributed by atoms with E-state index in [0.717, 1.165) is 17.0 Å². The van der Waals surface area contributed by atoms with Crippen LogP contribution < -0.4 is 20.1 Å². The highest BCUT2D eigenvalue weighted by Crippen LogP contribution is 2.24. The molecule has 0 aliphatic rings. The van der Waals surface area contributed by atoms with Crippen LogP contribution in [0.5, 0.6) is 11.5 Å². The second kappa shape index (κ2) is 9.37. The van der Waals surface area contributed by atoms with E-state index in [4.69, 9.17) is 9.47 Å². The maximum Gasteiger partial charge on any atom is 0.243 e. The summed E-state index contributed by atoms with van der Waals surface area (Å²) < 4.78 is 11.1. The summed E-state index contributed by atoms with van der Waals surface area (Å²) in [6, 6.07) is 14.8. The van der Waals surface area contributed by atoms with Gasteiger partial charge in [0.15, 0.2) is 0 Å². The maximum atomic E-state index is 12.2. The Morgan fingerprint density at radius 1 is 1.12 bits per heavy atom. The molecule has 0 atom stereocenters. The van der Waals surface area contributed by atoms with Crippen molar-refractivity contribution >= 4 is 17.3 Å². The molecule has 2 aromatic rings. The summed E-state index contributed by atoms with van der Waals surface area (Å²) in [4.78, 5) is 12.2. The molecule has 0 radical (unpaired) electrons. The Labute approximate surface area is 148 Å². The van der Waals surface area contributed by atoms with E-state index in [9.17, 15) is 4.79 Å². The molecule has 2 N–H and O–H groups in total. The Morgan fingerprint density at radius 2 is 1.92 bits per heavy atom. The van der Waals surface area contributed by atoms with Gasteiger partial charge in [-0.3, -0.25) is 4.79 Å². The minimum Gasteiger partial charge on any atom is -0.494 e. The van der Waals surface area contributed by atoms with Crippen LogP contribution in [0.1, 0.15) is 13.8 Å². The van der Waals surface area contributed by atoms with Crippen LogP contribution in [0.15, 0.2) is 60.7 Å². The van der Waals surface area contributed by atoms with E-state index in [-0.39, 0.29) is 12.5 Å². The molecule has 0 unspecified atom stereocenters. The van der Waals surface area contributed by atoms with E-state index in [2.05, 4.69) is 17.2 Å². The molecule has 0 aromatic heterocycles. The van der Waals surface area contributed by atoms with Gasteiger partial charge >= 0.3 is 0 Å². The third-order valence-electron chi connectivity index (χ3n) is 3.23. The zero-order valence-corrected chi connectivity index (χ0v) is 14.7. The number of hydrogen-bond donors (Lipinski definition) is 2. The standard InChI is InChI=1S/C20H24N2O3/c1-4-24-17-9-7-8-16(12-17)22-20(23)13-21-18-10-5-6-11-19(18)25-14-15(2)3/h5-12,21H,2,4,13-14H2,1,3H3,(H,22,23). The number of hydrogen-bond acceptors (Lipinski definition) is 4. The van der Waals surface area contributed by atoms with Gasteiger partial charge in [0.05, 0.1) is 18.8 Å². The van der Waals surface area contributed by atoms with Crippen LogP contribution in [0.3, 0.4) is 0 Å². The maximum absolute atomic E-state index is 12.2. The Hall–Kier alpha value is -2.95. The molecule has 5 heteroatoms. The van der Waals surface area contributed by atoms with Crippen LogP contribution in [0.25, 0.3) is 0 Å². The molecule has 2 rings (SSSR count). The van der Waals surface area contributed by atoms with Gasteiger partial charge in [0.1, 0.15) is 18.1 Å². The molecule has 132 valence electrons. The summed E-state index contributed by atoms with van der Waals surface area (Å²) in [7, 11) is 0. The summed E-state index contributed by atoms with van der Waals surface area (Å²) in [5.74, 6) is 1.27.